The zero-order chi connectivity index (χ0) is 11.4. The van der Waals surface area contributed by atoms with E-state index in [1.807, 2.05) is 13.8 Å². The third-order valence-electron chi connectivity index (χ3n) is 1.07. The second-order valence-electron chi connectivity index (χ2n) is 1.94. The van der Waals surface area contributed by atoms with Crippen molar-refractivity contribution in [3.63, 3.8) is 0 Å². The summed E-state index contributed by atoms with van der Waals surface area (Å²) < 4.78 is 0. The maximum Gasteiger partial charge on any atom is 0.150 e. The third kappa shape index (κ3) is 21.1. The minimum absolute atomic E-state index is 0. The van der Waals surface area contributed by atoms with Crippen LogP contribution in [0, 0.1) is 13.6 Å². The van der Waals surface area contributed by atoms with Crippen molar-refractivity contribution in [3.05, 3.63) is 48.3 Å². The van der Waals surface area contributed by atoms with Crippen molar-refractivity contribution >= 4 is 12.0 Å². The summed E-state index contributed by atoms with van der Waals surface area (Å²) in [5, 5.41) is 0. The third-order valence-corrected chi connectivity index (χ3v) is 1.07. The largest absolute Gasteiger partial charge is 0.464 e. The van der Waals surface area contributed by atoms with E-state index in [0.29, 0.717) is 11.3 Å². The maximum absolute atomic E-state index is 10.1. The van der Waals surface area contributed by atoms with Gasteiger partial charge in [0, 0.05) is 44.0 Å². The van der Waals surface area contributed by atoms with Gasteiger partial charge in [-0.2, -0.15) is 0 Å². The van der Waals surface area contributed by atoms with E-state index in [2.05, 4.69) is 11.9 Å². The van der Waals surface area contributed by atoms with Gasteiger partial charge in [-0.05, 0) is 24.3 Å². The Morgan fingerprint density at radius 3 is 1.76 bits per heavy atom. The second kappa shape index (κ2) is 24.4. The minimum Gasteiger partial charge on any atom is -0.464 e. The number of anilines is 1. The first-order valence-corrected chi connectivity index (χ1v) is 4.17. The smallest absolute Gasteiger partial charge is 0.150 e. The molecule has 0 heterocycles. The summed E-state index contributed by atoms with van der Waals surface area (Å²) in [6, 6.07) is 6.76. The Balaban J connectivity index is -0.0000000534. The Kier molecular flexibility index (Phi) is 42.8. The fourth-order valence-electron chi connectivity index (χ4n) is 0.575. The van der Waals surface area contributed by atoms with Crippen LogP contribution < -0.4 is 5.73 Å². The van der Waals surface area contributed by atoms with E-state index in [0.717, 1.165) is 6.29 Å². The van der Waals surface area contributed by atoms with Crippen molar-refractivity contribution < 1.29 is 37.5 Å². The van der Waals surface area contributed by atoms with Crippen LogP contribution in [-0.4, -0.2) is 6.29 Å². The maximum atomic E-state index is 10.1. The molecule has 95 valence electrons. The van der Waals surface area contributed by atoms with Crippen molar-refractivity contribution in [3.8, 4) is 0 Å². The number of hydrogen-bond donors (Lipinski definition) is 1. The first-order chi connectivity index (χ1) is 6.74. The van der Waals surface area contributed by atoms with E-state index in [1.54, 1.807) is 24.3 Å². The molecule has 4 heteroatoms. The molecule has 0 fully saturated rings. The Labute approximate surface area is 131 Å². The van der Waals surface area contributed by atoms with Gasteiger partial charge in [0.1, 0.15) is 6.29 Å². The number of carbonyl (C=O) groups is 1. The van der Waals surface area contributed by atoms with Crippen molar-refractivity contribution in [2.45, 2.75) is 28.7 Å². The first-order valence-electron chi connectivity index (χ1n) is 4.17. The molecule has 0 aliphatic carbocycles. The SMILES string of the molecule is C.C.CC.Nc1ccc(C=O)cc1.[C-]#[N+][CH2-].[Y]. The van der Waals surface area contributed by atoms with Gasteiger partial charge < -0.3 is 10.6 Å². The average molecular weight is 312 g/mol. The van der Waals surface area contributed by atoms with Crippen molar-refractivity contribution in [2.24, 2.45) is 0 Å². The standard InChI is InChI=1S/C7H7NO.C2H2N.C2H6.2CH4.Y/c8-7-3-1-6(5-9)2-4-7;1-3-2;1-2;;;/h1-5H,8H2;1H2;1-2H3;2*1H4;/q;-1;;;;. The zero-order valence-electron chi connectivity index (χ0n) is 9.10. The first kappa shape index (κ1) is 29.8. The molecule has 0 bridgehead atoms. The summed E-state index contributed by atoms with van der Waals surface area (Å²) in [6.45, 7) is 9.72. The molecule has 0 spiro atoms. The van der Waals surface area contributed by atoms with Crippen LogP contribution in [-0.2, 0) is 32.7 Å². The predicted octanol–water partition coefficient (Wildman–Crippen LogP) is 4.07. The minimum atomic E-state index is 0. The van der Waals surface area contributed by atoms with Crippen LogP contribution in [0.2, 0.25) is 0 Å². The number of hydrogen-bond acceptors (Lipinski definition) is 2. The molecule has 3 nitrogen and oxygen atoms in total. The van der Waals surface area contributed by atoms with Crippen molar-refractivity contribution in [1.82, 2.24) is 0 Å². The van der Waals surface area contributed by atoms with Gasteiger partial charge in [-0.3, -0.25) is 11.4 Å². The molecule has 2 N–H and O–H groups in total. The molecule has 0 saturated heterocycles. The molecule has 1 aromatic rings. The van der Waals surface area contributed by atoms with Crippen molar-refractivity contribution in [1.29, 1.82) is 0 Å². The van der Waals surface area contributed by atoms with E-state index >= 15 is 0 Å². The molecule has 0 amide bonds. The van der Waals surface area contributed by atoms with Crippen LogP contribution in [0.3, 0.4) is 0 Å². The Morgan fingerprint density at radius 1 is 1.24 bits per heavy atom. The fraction of sp³-hybridized carbons (Fsp3) is 0.308. The predicted molar refractivity (Wildman–Crippen MR) is 73.0 cm³/mol. The number of aldehydes is 1. The van der Waals surface area contributed by atoms with Crippen molar-refractivity contribution in [2.75, 3.05) is 5.73 Å². The van der Waals surface area contributed by atoms with E-state index in [4.69, 9.17) is 12.3 Å². The van der Waals surface area contributed by atoms with Gasteiger partial charge in [0.15, 0.2) is 0 Å². The molecule has 17 heavy (non-hydrogen) atoms. The molecular formula is C13H23N2OY-. The number of nitrogens with two attached hydrogens (primary N) is 1. The van der Waals surface area contributed by atoms with E-state index in [1.165, 1.54) is 0 Å². The number of nitrogens with zero attached hydrogens (tertiary/aromatic N) is 1. The Hall–Kier alpha value is -0.846. The molecule has 0 aliphatic rings. The summed E-state index contributed by atoms with van der Waals surface area (Å²) in [4.78, 5) is 12.6. The van der Waals surface area contributed by atoms with Gasteiger partial charge >= 0.3 is 0 Å². The van der Waals surface area contributed by atoms with Gasteiger partial charge in [-0.1, -0.05) is 35.7 Å². The molecule has 1 radical (unpaired) electrons. The zero-order valence-corrected chi connectivity index (χ0v) is 11.9. The van der Waals surface area contributed by atoms with Crippen LogP contribution in [0.1, 0.15) is 39.1 Å². The average Bonchev–Trinajstić information content (AvgIpc) is 2.23. The summed E-state index contributed by atoms with van der Waals surface area (Å²) in [6.07, 6.45) is 0.791. The van der Waals surface area contributed by atoms with Crippen LogP contribution in [0.4, 0.5) is 5.69 Å². The fourth-order valence-corrected chi connectivity index (χ4v) is 0.575. The van der Waals surface area contributed by atoms with Crippen LogP contribution in [0.15, 0.2) is 24.3 Å². The summed E-state index contributed by atoms with van der Waals surface area (Å²) in [7, 11) is 2.78. The topological polar surface area (TPSA) is 47.5 Å². The molecule has 1 aromatic carbocycles. The van der Waals surface area contributed by atoms with Crippen LogP contribution in [0.5, 0.6) is 0 Å². The van der Waals surface area contributed by atoms with Gasteiger partial charge in [-0.15, -0.1) is 0 Å². The Bertz CT molecular complexity index is 278. The Morgan fingerprint density at radius 2 is 1.53 bits per heavy atom. The normalized spacial score (nSPS) is 5.47. The van der Waals surface area contributed by atoms with Gasteiger partial charge in [-0.25, -0.2) is 0 Å². The monoisotopic (exact) mass is 312 g/mol. The van der Waals surface area contributed by atoms with Gasteiger partial charge in [0.05, 0.1) is 0 Å². The van der Waals surface area contributed by atoms with Gasteiger partial charge in [0.25, 0.3) is 0 Å². The summed E-state index contributed by atoms with van der Waals surface area (Å²) in [5.74, 6) is 0. The van der Waals surface area contributed by atoms with E-state index < -0.39 is 0 Å². The molecule has 0 aromatic heterocycles. The van der Waals surface area contributed by atoms with Crippen LogP contribution in [0.25, 0.3) is 4.85 Å². The number of nitrogen functional groups attached to an aromatic ring is 1. The molecule has 0 aliphatic heterocycles. The van der Waals surface area contributed by atoms with E-state index in [9.17, 15) is 4.79 Å². The molecule has 1 rings (SSSR count). The molecule has 0 unspecified atom stereocenters. The molecule has 0 atom stereocenters. The second-order valence-corrected chi connectivity index (χ2v) is 1.94. The molecule has 0 saturated carbocycles. The quantitative estimate of drug-likeness (QED) is 0.482. The number of carbonyl (C=O) groups excluding carboxylic acids is 1. The molecular weight excluding hydrogens is 289 g/mol. The number of benzene rings is 1. The van der Waals surface area contributed by atoms with Gasteiger partial charge in [0.2, 0.25) is 0 Å². The van der Waals surface area contributed by atoms with Crippen LogP contribution >= 0.6 is 0 Å². The van der Waals surface area contributed by atoms with E-state index in [-0.39, 0.29) is 47.6 Å². The summed E-state index contributed by atoms with van der Waals surface area (Å²) in [5.41, 5.74) is 6.70. The summed E-state index contributed by atoms with van der Waals surface area (Å²) >= 11 is 0. The number of rotatable bonds is 1.